The minimum atomic E-state index is -0.113. The number of nitrogens with one attached hydrogen (secondary N) is 2. The summed E-state index contributed by atoms with van der Waals surface area (Å²) in [5, 5.41) is 3.52. The van der Waals surface area contributed by atoms with Gasteiger partial charge in [0.15, 0.2) is 5.16 Å². The predicted octanol–water partition coefficient (Wildman–Crippen LogP) is 2.88. The predicted molar refractivity (Wildman–Crippen MR) is 86.3 cm³/mol. The van der Waals surface area contributed by atoms with Crippen molar-refractivity contribution in [2.75, 3.05) is 16.8 Å². The van der Waals surface area contributed by atoms with Gasteiger partial charge in [0, 0.05) is 0 Å². The molecule has 0 unspecified atom stereocenters. The summed E-state index contributed by atoms with van der Waals surface area (Å²) >= 11 is 1.36. The number of nitrogens with zero attached hydrogens (tertiary/aromatic N) is 1. The largest absolute Gasteiger partial charge is 0.397 e. The van der Waals surface area contributed by atoms with E-state index in [0.29, 0.717) is 11.4 Å². The zero-order valence-corrected chi connectivity index (χ0v) is 12.0. The minimum Gasteiger partial charge on any atom is -0.397 e. The molecule has 1 aromatic heterocycles. The van der Waals surface area contributed by atoms with Gasteiger partial charge in [-0.2, -0.15) is 0 Å². The van der Waals surface area contributed by atoms with Crippen molar-refractivity contribution in [1.82, 2.24) is 9.97 Å². The van der Waals surface area contributed by atoms with Crippen LogP contribution in [0.25, 0.3) is 11.0 Å². The van der Waals surface area contributed by atoms with Crippen LogP contribution in [-0.4, -0.2) is 21.6 Å². The second kappa shape index (κ2) is 5.88. The number of fused-ring (bicyclic) bond motifs is 1. The van der Waals surface area contributed by atoms with Crippen molar-refractivity contribution in [2.24, 2.45) is 0 Å². The Balaban J connectivity index is 1.62. The molecule has 0 bridgehead atoms. The summed E-state index contributed by atoms with van der Waals surface area (Å²) in [6.45, 7) is 0. The molecule has 6 heteroatoms. The maximum atomic E-state index is 11.9. The highest BCUT2D eigenvalue weighted by Crippen LogP contribution is 2.20. The SMILES string of the molecule is Nc1ccccc1NC(=O)CSc1nc2ccccc2[nH]1. The van der Waals surface area contributed by atoms with Crippen LogP contribution in [-0.2, 0) is 4.79 Å². The number of benzene rings is 2. The average molecular weight is 298 g/mol. The number of rotatable bonds is 4. The quantitative estimate of drug-likeness (QED) is 0.511. The van der Waals surface area contributed by atoms with Crippen molar-refractivity contribution >= 4 is 40.1 Å². The number of imidazole rings is 1. The van der Waals surface area contributed by atoms with E-state index in [9.17, 15) is 4.79 Å². The molecule has 4 N–H and O–H groups in total. The third-order valence-electron chi connectivity index (χ3n) is 2.94. The highest BCUT2D eigenvalue weighted by molar-refractivity contribution is 7.99. The lowest BCUT2D eigenvalue weighted by atomic mass is 10.3. The van der Waals surface area contributed by atoms with Crippen LogP contribution >= 0.6 is 11.8 Å². The Bertz CT molecular complexity index is 751. The molecule has 106 valence electrons. The lowest BCUT2D eigenvalue weighted by Crippen LogP contribution is -2.15. The van der Waals surface area contributed by atoms with Crippen LogP contribution in [0.3, 0.4) is 0 Å². The van der Waals surface area contributed by atoms with Gasteiger partial charge in [0.1, 0.15) is 0 Å². The summed E-state index contributed by atoms with van der Waals surface area (Å²) < 4.78 is 0. The molecule has 1 heterocycles. The summed E-state index contributed by atoms with van der Waals surface area (Å²) in [7, 11) is 0. The summed E-state index contributed by atoms with van der Waals surface area (Å²) in [6, 6.07) is 15.0. The number of nitrogens with two attached hydrogens (primary N) is 1. The Hall–Kier alpha value is -2.47. The fourth-order valence-corrected chi connectivity index (χ4v) is 2.61. The van der Waals surface area contributed by atoms with Gasteiger partial charge in [-0.3, -0.25) is 4.79 Å². The first-order chi connectivity index (χ1) is 10.2. The number of hydrogen-bond donors (Lipinski definition) is 3. The van der Waals surface area contributed by atoms with Gasteiger partial charge in [-0.05, 0) is 24.3 Å². The van der Waals surface area contributed by atoms with Crippen LogP contribution in [0.4, 0.5) is 11.4 Å². The number of carbonyl (C=O) groups is 1. The van der Waals surface area contributed by atoms with E-state index in [1.807, 2.05) is 36.4 Å². The van der Waals surface area contributed by atoms with Crippen LogP contribution in [0.2, 0.25) is 0 Å². The zero-order chi connectivity index (χ0) is 14.7. The summed E-state index contributed by atoms with van der Waals surface area (Å²) in [4.78, 5) is 19.5. The van der Waals surface area contributed by atoms with E-state index in [2.05, 4.69) is 15.3 Å². The van der Waals surface area contributed by atoms with Gasteiger partial charge in [-0.1, -0.05) is 36.0 Å². The van der Waals surface area contributed by atoms with Gasteiger partial charge < -0.3 is 16.0 Å². The molecule has 3 aromatic rings. The van der Waals surface area contributed by atoms with Crippen molar-refractivity contribution in [1.29, 1.82) is 0 Å². The first kappa shape index (κ1) is 13.5. The molecule has 2 aromatic carbocycles. The molecule has 0 aliphatic carbocycles. The highest BCUT2D eigenvalue weighted by Gasteiger charge is 2.08. The van der Waals surface area contributed by atoms with Crippen molar-refractivity contribution < 1.29 is 4.79 Å². The van der Waals surface area contributed by atoms with E-state index in [1.54, 1.807) is 12.1 Å². The number of aromatic nitrogens is 2. The number of aromatic amines is 1. The van der Waals surface area contributed by atoms with E-state index in [4.69, 9.17) is 5.73 Å². The third kappa shape index (κ3) is 3.17. The second-order valence-corrected chi connectivity index (χ2v) is 5.45. The molecule has 0 aliphatic heterocycles. The molecule has 1 amide bonds. The molecule has 0 saturated carbocycles. The maximum Gasteiger partial charge on any atom is 0.234 e. The number of anilines is 2. The van der Waals surface area contributed by atoms with Crippen molar-refractivity contribution in [3.05, 3.63) is 48.5 Å². The number of amides is 1. The maximum absolute atomic E-state index is 11.9. The van der Waals surface area contributed by atoms with Gasteiger partial charge in [0.2, 0.25) is 5.91 Å². The van der Waals surface area contributed by atoms with Gasteiger partial charge in [-0.15, -0.1) is 0 Å². The fourth-order valence-electron chi connectivity index (χ4n) is 1.93. The fraction of sp³-hybridized carbons (Fsp3) is 0.0667. The standard InChI is InChI=1S/C15H14N4OS/c16-10-5-1-2-6-11(10)17-14(20)9-21-15-18-12-7-3-4-8-13(12)19-15/h1-8H,9,16H2,(H,17,20)(H,18,19). The Morgan fingerprint density at radius 2 is 1.95 bits per heavy atom. The van der Waals surface area contributed by atoms with Crippen molar-refractivity contribution in [3.63, 3.8) is 0 Å². The zero-order valence-electron chi connectivity index (χ0n) is 11.2. The molecular weight excluding hydrogens is 284 g/mol. The van der Waals surface area contributed by atoms with Gasteiger partial charge in [0.05, 0.1) is 28.2 Å². The van der Waals surface area contributed by atoms with Crippen molar-refractivity contribution in [2.45, 2.75) is 5.16 Å². The topological polar surface area (TPSA) is 83.8 Å². The molecule has 0 radical (unpaired) electrons. The Labute approximate surface area is 126 Å². The average Bonchev–Trinajstić information content (AvgIpc) is 2.90. The van der Waals surface area contributed by atoms with Gasteiger partial charge in [0.25, 0.3) is 0 Å². The normalized spacial score (nSPS) is 10.7. The summed E-state index contributed by atoms with van der Waals surface area (Å²) in [5.74, 6) is 0.159. The third-order valence-corrected chi connectivity index (χ3v) is 3.82. The van der Waals surface area contributed by atoms with E-state index in [0.717, 1.165) is 16.2 Å². The number of nitrogen functional groups attached to an aromatic ring is 1. The summed E-state index contributed by atoms with van der Waals surface area (Å²) in [5.41, 5.74) is 8.84. The lowest BCUT2D eigenvalue weighted by molar-refractivity contribution is -0.113. The van der Waals surface area contributed by atoms with Crippen LogP contribution in [0.5, 0.6) is 0 Å². The molecular formula is C15H14N4OS. The van der Waals surface area contributed by atoms with Gasteiger partial charge >= 0.3 is 0 Å². The van der Waals surface area contributed by atoms with E-state index in [1.165, 1.54) is 11.8 Å². The Kier molecular flexibility index (Phi) is 3.79. The summed E-state index contributed by atoms with van der Waals surface area (Å²) in [6.07, 6.45) is 0. The second-order valence-electron chi connectivity index (χ2n) is 4.48. The molecule has 5 nitrogen and oxygen atoms in total. The van der Waals surface area contributed by atoms with Crippen LogP contribution in [0.1, 0.15) is 0 Å². The molecule has 0 atom stereocenters. The Morgan fingerprint density at radius 3 is 2.76 bits per heavy atom. The molecule has 0 saturated heterocycles. The molecule has 21 heavy (non-hydrogen) atoms. The first-order valence-corrected chi connectivity index (χ1v) is 7.43. The Morgan fingerprint density at radius 1 is 1.19 bits per heavy atom. The molecule has 0 aliphatic rings. The number of hydrogen-bond acceptors (Lipinski definition) is 4. The molecule has 0 fully saturated rings. The molecule has 3 rings (SSSR count). The van der Waals surface area contributed by atoms with Crippen LogP contribution in [0.15, 0.2) is 53.7 Å². The monoisotopic (exact) mass is 298 g/mol. The van der Waals surface area contributed by atoms with E-state index in [-0.39, 0.29) is 11.7 Å². The minimum absolute atomic E-state index is 0.113. The number of para-hydroxylation sites is 4. The smallest absolute Gasteiger partial charge is 0.234 e. The van der Waals surface area contributed by atoms with Crippen LogP contribution in [0, 0.1) is 0 Å². The number of carbonyl (C=O) groups excluding carboxylic acids is 1. The molecule has 0 spiro atoms. The van der Waals surface area contributed by atoms with E-state index < -0.39 is 0 Å². The first-order valence-electron chi connectivity index (χ1n) is 6.44. The number of H-pyrrole nitrogens is 1. The lowest BCUT2D eigenvalue weighted by Gasteiger charge is -2.06. The highest BCUT2D eigenvalue weighted by atomic mass is 32.2. The van der Waals surface area contributed by atoms with Gasteiger partial charge in [-0.25, -0.2) is 4.98 Å². The van der Waals surface area contributed by atoms with Crippen LogP contribution < -0.4 is 11.1 Å². The number of thioether (sulfide) groups is 1. The van der Waals surface area contributed by atoms with Crippen molar-refractivity contribution in [3.8, 4) is 0 Å². The van der Waals surface area contributed by atoms with E-state index >= 15 is 0 Å².